The number of aliphatic carboxylic acids is 1. The lowest BCUT2D eigenvalue weighted by atomic mass is 10.2. The number of carboxylic acid groups (broad SMARTS) is 1. The minimum atomic E-state index is -0.920. The molecule has 0 bridgehead atoms. The van der Waals surface area contributed by atoms with E-state index in [0.717, 1.165) is 11.4 Å². The van der Waals surface area contributed by atoms with E-state index in [1.165, 1.54) is 0 Å². The predicted molar refractivity (Wildman–Crippen MR) is 56.9 cm³/mol. The van der Waals surface area contributed by atoms with E-state index >= 15 is 0 Å². The Labute approximate surface area is 93.3 Å². The second-order valence-electron chi connectivity index (χ2n) is 3.57. The first-order valence-corrected chi connectivity index (χ1v) is 4.97. The van der Waals surface area contributed by atoms with E-state index in [4.69, 9.17) is 5.11 Å². The SMILES string of the molecule is Cc1cc(CC(=O)NCCC(=O)O)n(C)n1. The van der Waals surface area contributed by atoms with Crippen molar-refractivity contribution in [3.8, 4) is 0 Å². The van der Waals surface area contributed by atoms with Crippen LogP contribution in [0.5, 0.6) is 0 Å². The number of amides is 1. The third kappa shape index (κ3) is 3.72. The number of aryl methyl sites for hydroxylation is 2. The van der Waals surface area contributed by atoms with Crippen LogP contribution in [0.3, 0.4) is 0 Å². The number of carbonyl (C=O) groups is 2. The Balaban J connectivity index is 2.40. The molecule has 1 rings (SSSR count). The molecule has 16 heavy (non-hydrogen) atoms. The van der Waals surface area contributed by atoms with Crippen LogP contribution in [-0.4, -0.2) is 33.3 Å². The average Bonchev–Trinajstić information content (AvgIpc) is 2.44. The average molecular weight is 225 g/mol. The lowest BCUT2D eigenvalue weighted by molar-refractivity contribution is -0.136. The first kappa shape index (κ1) is 12.2. The van der Waals surface area contributed by atoms with Gasteiger partial charge < -0.3 is 10.4 Å². The molecule has 6 nitrogen and oxygen atoms in total. The van der Waals surface area contributed by atoms with Crippen LogP contribution in [0.15, 0.2) is 6.07 Å². The van der Waals surface area contributed by atoms with Crippen LogP contribution in [0.2, 0.25) is 0 Å². The van der Waals surface area contributed by atoms with Crippen molar-refractivity contribution in [1.82, 2.24) is 15.1 Å². The molecule has 1 amide bonds. The Kier molecular flexibility index (Phi) is 4.04. The summed E-state index contributed by atoms with van der Waals surface area (Å²) in [5, 5.41) is 15.1. The molecule has 6 heteroatoms. The van der Waals surface area contributed by atoms with Crippen LogP contribution in [0.4, 0.5) is 0 Å². The first-order chi connectivity index (χ1) is 7.49. The van der Waals surface area contributed by atoms with Gasteiger partial charge in [-0.15, -0.1) is 0 Å². The van der Waals surface area contributed by atoms with Crippen LogP contribution in [0.25, 0.3) is 0 Å². The molecule has 0 aliphatic heterocycles. The fraction of sp³-hybridized carbons (Fsp3) is 0.500. The molecule has 0 radical (unpaired) electrons. The topological polar surface area (TPSA) is 84.2 Å². The smallest absolute Gasteiger partial charge is 0.305 e. The summed E-state index contributed by atoms with van der Waals surface area (Å²) in [6, 6.07) is 1.83. The minimum absolute atomic E-state index is 0.0594. The fourth-order valence-corrected chi connectivity index (χ4v) is 1.37. The Bertz CT molecular complexity index is 398. The lowest BCUT2D eigenvalue weighted by Crippen LogP contribution is -2.28. The van der Waals surface area contributed by atoms with Gasteiger partial charge in [-0.3, -0.25) is 14.3 Å². The number of hydrogen-bond donors (Lipinski definition) is 2. The van der Waals surface area contributed by atoms with E-state index < -0.39 is 5.97 Å². The lowest BCUT2D eigenvalue weighted by Gasteiger charge is -2.03. The summed E-state index contributed by atoms with van der Waals surface area (Å²) in [7, 11) is 1.77. The van der Waals surface area contributed by atoms with Gasteiger partial charge in [0.1, 0.15) is 0 Å². The zero-order valence-electron chi connectivity index (χ0n) is 9.36. The number of carboxylic acids is 1. The summed E-state index contributed by atoms with van der Waals surface area (Å²) >= 11 is 0. The normalized spacial score (nSPS) is 10.1. The Hall–Kier alpha value is -1.85. The van der Waals surface area contributed by atoms with Crippen molar-refractivity contribution in [1.29, 1.82) is 0 Å². The van der Waals surface area contributed by atoms with Crippen molar-refractivity contribution >= 4 is 11.9 Å². The largest absolute Gasteiger partial charge is 0.481 e. The third-order valence-electron chi connectivity index (χ3n) is 2.10. The second-order valence-corrected chi connectivity index (χ2v) is 3.57. The standard InChI is InChI=1S/C10H15N3O3/c1-7-5-8(13(2)12-7)6-9(14)11-4-3-10(15)16/h5H,3-4,6H2,1-2H3,(H,11,14)(H,15,16). The maximum absolute atomic E-state index is 11.4. The van der Waals surface area contributed by atoms with Crippen LogP contribution < -0.4 is 5.32 Å². The van der Waals surface area contributed by atoms with Gasteiger partial charge in [-0.2, -0.15) is 5.10 Å². The molecule has 0 saturated carbocycles. The van der Waals surface area contributed by atoms with Gasteiger partial charge in [-0.1, -0.05) is 0 Å². The van der Waals surface area contributed by atoms with Gasteiger partial charge in [0.25, 0.3) is 0 Å². The number of hydrogen-bond acceptors (Lipinski definition) is 3. The van der Waals surface area contributed by atoms with E-state index in [-0.39, 0.29) is 25.3 Å². The van der Waals surface area contributed by atoms with Crippen LogP contribution >= 0.6 is 0 Å². The molecule has 1 aromatic heterocycles. The molecular weight excluding hydrogens is 210 g/mol. The number of rotatable bonds is 5. The number of nitrogens with zero attached hydrogens (tertiary/aromatic N) is 2. The van der Waals surface area contributed by atoms with E-state index in [9.17, 15) is 9.59 Å². The zero-order valence-corrected chi connectivity index (χ0v) is 9.36. The van der Waals surface area contributed by atoms with E-state index in [0.29, 0.717) is 0 Å². The zero-order chi connectivity index (χ0) is 12.1. The molecule has 2 N–H and O–H groups in total. The van der Waals surface area contributed by atoms with Gasteiger partial charge in [-0.05, 0) is 13.0 Å². The van der Waals surface area contributed by atoms with Crippen LogP contribution in [0.1, 0.15) is 17.8 Å². The summed E-state index contributed by atoms with van der Waals surface area (Å²) < 4.78 is 1.64. The van der Waals surface area contributed by atoms with Crippen molar-refractivity contribution in [2.24, 2.45) is 7.05 Å². The molecule has 88 valence electrons. The highest BCUT2D eigenvalue weighted by atomic mass is 16.4. The van der Waals surface area contributed by atoms with Crippen LogP contribution in [0, 0.1) is 6.92 Å². The second kappa shape index (κ2) is 5.29. The summed E-state index contributed by atoms with van der Waals surface area (Å²) in [4.78, 5) is 21.6. The van der Waals surface area contributed by atoms with Gasteiger partial charge in [0.2, 0.25) is 5.91 Å². The predicted octanol–water partition coefficient (Wildman–Crippen LogP) is -0.138. The summed E-state index contributed by atoms with van der Waals surface area (Å²) in [5.41, 5.74) is 1.67. The highest BCUT2D eigenvalue weighted by Gasteiger charge is 2.08. The van der Waals surface area contributed by atoms with Crippen molar-refractivity contribution in [2.45, 2.75) is 19.8 Å². The molecule has 1 heterocycles. The maximum atomic E-state index is 11.4. The fourth-order valence-electron chi connectivity index (χ4n) is 1.37. The quantitative estimate of drug-likeness (QED) is 0.730. The van der Waals surface area contributed by atoms with Crippen molar-refractivity contribution < 1.29 is 14.7 Å². The molecule has 1 aromatic rings. The summed E-state index contributed by atoms with van der Waals surface area (Å²) in [6.07, 6.45) is 0.160. The minimum Gasteiger partial charge on any atom is -0.481 e. The van der Waals surface area contributed by atoms with Crippen molar-refractivity contribution in [3.63, 3.8) is 0 Å². The molecule has 0 unspecified atom stereocenters. The Morgan fingerprint density at radius 1 is 1.56 bits per heavy atom. The summed E-state index contributed by atoms with van der Waals surface area (Å²) in [6.45, 7) is 2.01. The number of nitrogens with one attached hydrogen (secondary N) is 1. The van der Waals surface area contributed by atoms with Gasteiger partial charge in [0.15, 0.2) is 0 Å². The highest BCUT2D eigenvalue weighted by Crippen LogP contribution is 2.02. The molecule has 0 saturated heterocycles. The van der Waals surface area contributed by atoms with Crippen molar-refractivity contribution in [3.05, 3.63) is 17.5 Å². The summed E-state index contributed by atoms with van der Waals surface area (Å²) in [5.74, 6) is -1.11. The van der Waals surface area contributed by atoms with Crippen molar-refractivity contribution in [2.75, 3.05) is 6.54 Å². The van der Waals surface area contributed by atoms with E-state index in [1.807, 2.05) is 13.0 Å². The molecule has 0 atom stereocenters. The third-order valence-corrected chi connectivity index (χ3v) is 2.10. The Morgan fingerprint density at radius 2 is 2.25 bits per heavy atom. The van der Waals surface area contributed by atoms with Gasteiger partial charge in [0.05, 0.1) is 18.5 Å². The molecule has 0 aliphatic carbocycles. The molecule has 0 aliphatic rings. The van der Waals surface area contributed by atoms with Crippen LogP contribution in [-0.2, 0) is 23.1 Å². The van der Waals surface area contributed by atoms with Gasteiger partial charge >= 0.3 is 5.97 Å². The maximum Gasteiger partial charge on any atom is 0.305 e. The highest BCUT2D eigenvalue weighted by molar-refractivity contribution is 5.78. The number of carbonyl (C=O) groups excluding carboxylic acids is 1. The molecule has 0 spiro atoms. The van der Waals surface area contributed by atoms with Gasteiger partial charge in [-0.25, -0.2) is 0 Å². The Morgan fingerprint density at radius 3 is 2.75 bits per heavy atom. The number of aromatic nitrogens is 2. The molecule has 0 fully saturated rings. The molecular formula is C10H15N3O3. The monoisotopic (exact) mass is 225 g/mol. The molecule has 0 aromatic carbocycles. The van der Waals surface area contributed by atoms with Gasteiger partial charge in [0, 0.05) is 19.3 Å². The van der Waals surface area contributed by atoms with E-state index in [2.05, 4.69) is 10.4 Å². The van der Waals surface area contributed by atoms with E-state index in [1.54, 1.807) is 11.7 Å². The first-order valence-electron chi connectivity index (χ1n) is 4.97.